The number of thiazole rings is 1. The molecule has 0 saturated heterocycles. The van der Waals surface area contributed by atoms with Crippen molar-refractivity contribution in [2.75, 3.05) is 23.9 Å². The van der Waals surface area contributed by atoms with E-state index in [2.05, 4.69) is 15.0 Å². The van der Waals surface area contributed by atoms with Gasteiger partial charge in [-0.15, -0.1) is 0 Å². The molecule has 1 unspecified atom stereocenters. The Balaban J connectivity index is 1.83. The molecule has 0 aliphatic heterocycles. The smallest absolute Gasteiger partial charge is 0.318 e. The third kappa shape index (κ3) is 4.99. The normalized spacial score (nSPS) is 11.7. The third-order valence-electron chi connectivity index (χ3n) is 3.87. The van der Waals surface area contributed by atoms with Crippen molar-refractivity contribution in [3.8, 4) is 0 Å². The molecule has 3 aromatic rings. The van der Waals surface area contributed by atoms with Gasteiger partial charge < -0.3 is 15.8 Å². The average molecular weight is 484 g/mol. The summed E-state index contributed by atoms with van der Waals surface area (Å²) in [5, 5.41) is 3.81. The van der Waals surface area contributed by atoms with Gasteiger partial charge in [-0.25, -0.2) is 4.98 Å². The lowest BCUT2D eigenvalue weighted by atomic mass is 10.1. The van der Waals surface area contributed by atoms with Gasteiger partial charge in [0.2, 0.25) is 5.78 Å². The van der Waals surface area contributed by atoms with Crippen LogP contribution in [0.2, 0.25) is 10.0 Å². The first-order chi connectivity index (χ1) is 14.3. The molecule has 3 rings (SSSR count). The van der Waals surface area contributed by atoms with Crippen molar-refractivity contribution in [3.05, 3.63) is 63.0 Å². The topological polar surface area (TPSA) is 111 Å². The maximum atomic E-state index is 12.9. The van der Waals surface area contributed by atoms with Gasteiger partial charge in [-0.1, -0.05) is 46.7 Å². The summed E-state index contributed by atoms with van der Waals surface area (Å²) in [5.74, 6) is -1.21. The summed E-state index contributed by atoms with van der Waals surface area (Å²) in [7, 11) is -0.323. The number of hydrogen-bond donors (Lipinski definition) is 2. The predicted octanol–water partition coefficient (Wildman–Crippen LogP) is 4.29. The summed E-state index contributed by atoms with van der Waals surface area (Å²) >= 11 is 13.3. The molecule has 1 heterocycles. The minimum absolute atomic E-state index is 0.0360. The number of carbonyl (C=O) groups excluding carboxylic acids is 2. The number of methoxy groups -OCH3 is 1. The molecule has 11 heteroatoms. The van der Waals surface area contributed by atoms with E-state index in [1.807, 2.05) is 0 Å². The molecule has 7 nitrogen and oxygen atoms in total. The first kappa shape index (κ1) is 22.2. The second kappa shape index (κ2) is 9.57. The summed E-state index contributed by atoms with van der Waals surface area (Å²) in [6, 6.07) is 11.4. The molecule has 3 N–H and O–H groups in total. The Morgan fingerprint density at radius 1 is 1.20 bits per heavy atom. The fraction of sp³-hybridized carbons (Fsp3) is 0.105. The van der Waals surface area contributed by atoms with E-state index in [0.29, 0.717) is 15.7 Å². The van der Waals surface area contributed by atoms with Gasteiger partial charge in [0.15, 0.2) is 5.13 Å². The Labute approximate surface area is 188 Å². The number of ketones is 1. The van der Waals surface area contributed by atoms with Crippen molar-refractivity contribution in [2.45, 2.75) is 4.90 Å². The highest BCUT2D eigenvalue weighted by Crippen LogP contribution is 2.34. The molecule has 1 aromatic heterocycles. The van der Waals surface area contributed by atoms with E-state index in [-0.39, 0.29) is 32.1 Å². The Kier molecular flexibility index (Phi) is 7.09. The van der Waals surface area contributed by atoms with Crippen LogP contribution >= 0.6 is 34.5 Å². The van der Waals surface area contributed by atoms with Crippen LogP contribution in [0.3, 0.4) is 0 Å². The number of halogens is 2. The van der Waals surface area contributed by atoms with Crippen LogP contribution in [-0.4, -0.2) is 33.8 Å². The van der Waals surface area contributed by atoms with Crippen LogP contribution in [0.4, 0.5) is 16.6 Å². The highest BCUT2D eigenvalue weighted by molar-refractivity contribution is 7.85. The molecule has 0 bridgehead atoms. The lowest BCUT2D eigenvalue weighted by Crippen LogP contribution is -2.12. The fourth-order valence-corrected chi connectivity index (χ4v) is 4.87. The average Bonchev–Trinajstić information content (AvgIpc) is 3.07. The SMILES string of the molecule is COC(=O)CS(=O)c1cccc(Nc2nc(N)c(C(=O)c3c(Cl)cccc3Cl)s2)c1. The first-order valence-electron chi connectivity index (χ1n) is 8.37. The van der Waals surface area contributed by atoms with Gasteiger partial charge in [0.05, 0.1) is 33.5 Å². The molecule has 0 aliphatic rings. The highest BCUT2D eigenvalue weighted by Gasteiger charge is 2.22. The zero-order valence-electron chi connectivity index (χ0n) is 15.5. The van der Waals surface area contributed by atoms with Crippen LogP contribution < -0.4 is 11.1 Å². The van der Waals surface area contributed by atoms with Gasteiger partial charge in [0, 0.05) is 10.6 Å². The zero-order chi connectivity index (χ0) is 21.8. The second-order valence-corrected chi connectivity index (χ2v) is 9.14. The number of nitrogen functional groups attached to an aromatic ring is 1. The van der Waals surface area contributed by atoms with Crippen molar-refractivity contribution in [3.63, 3.8) is 0 Å². The molecule has 0 spiro atoms. The van der Waals surface area contributed by atoms with Gasteiger partial charge in [0.25, 0.3) is 0 Å². The lowest BCUT2D eigenvalue weighted by Gasteiger charge is -2.06. The molecule has 156 valence electrons. The lowest BCUT2D eigenvalue weighted by molar-refractivity contribution is -0.137. The van der Waals surface area contributed by atoms with Crippen molar-refractivity contribution in [1.82, 2.24) is 4.98 Å². The molecule has 30 heavy (non-hydrogen) atoms. The molecule has 0 fully saturated rings. The summed E-state index contributed by atoms with van der Waals surface area (Å²) in [5.41, 5.74) is 6.65. The van der Waals surface area contributed by atoms with E-state index in [1.165, 1.54) is 7.11 Å². The van der Waals surface area contributed by atoms with Gasteiger partial charge >= 0.3 is 5.97 Å². The number of nitrogens with one attached hydrogen (secondary N) is 1. The van der Waals surface area contributed by atoms with E-state index in [4.69, 9.17) is 28.9 Å². The van der Waals surface area contributed by atoms with Crippen molar-refractivity contribution in [2.24, 2.45) is 0 Å². The van der Waals surface area contributed by atoms with Crippen LogP contribution in [0.1, 0.15) is 15.2 Å². The summed E-state index contributed by atoms with van der Waals surface area (Å²) < 4.78 is 16.8. The summed E-state index contributed by atoms with van der Waals surface area (Å²) in [4.78, 5) is 29.0. The number of aromatic nitrogens is 1. The van der Waals surface area contributed by atoms with Crippen LogP contribution in [0.15, 0.2) is 47.4 Å². The molecule has 0 saturated carbocycles. The Morgan fingerprint density at radius 2 is 1.87 bits per heavy atom. The first-order valence-corrected chi connectivity index (χ1v) is 11.3. The van der Waals surface area contributed by atoms with E-state index in [0.717, 1.165) is 11.3 Å². The van der Waals surface area contributed by atoms with Gasteiger partial charge in [0.1, 0.15) is 16.4 Å². The second-order valence-electron chi connectivity index (χ2n) is 5.88. The molecular formula is C19H15Cl2N3O4S2. The predicted molar refractivity (Wildman–Crippen MR) is 119 cm³/mol. The number of ether oxygens (including phenoxy) is 1. The van der Waals surface area contributed by atoms with Gasteiger partial charge in [-0.05, 0) is 30.3 Å². The zero-order valence-corrected chi connectivity index (χ0v) is 18.6. The molecule has 0 radical (unpaired) electrons. The Morgan fingerprint density at radius 3 is 2.53 bits per heavy atom. The summed E-state index contributed by atoms with van der Waals surface area (Å²) in [6.07, 6.45) is 0. The number of nitrogens with two attached hydrogens (primary N) is 1. The number of nitrogens with zero attached hydrogens (tertiary/aromatic N) is 1. The molecule has 0 amide bonds. The van der Waals surface area contributed by atoms with Crippen LogP contribution in [0.25, 0.3) is 0 Å². The van der Waals surface area contributed by atoms with Crippen molar-refractivity contribution in [1.29, 1.82) is 0 Å². The number of anilines is 3. The largest absolute Gasteiger partial charge is 0.468 e. The standard InChI is InChI=1S/C19H15Cl2N3O4S2/c1-28-14(25)9-30(27)11-5-2-4-10(8-11)23-19-24-18(22)17(29-19)16(26)15-12(20)6-3-7-13(15)21/h2-8H,9,22H2,1H3,(H,23,24). The molecule has 0 aliphatic carbocycles. The Hall–Kier alpha value is -2.46. The fourth-order valence-electron chi connectivity index (χ4n) is 2.46. The maximum Gasteiger partial charge on any atom is 0.318 e. The number of carbonyl (C=O) groups is 2. The molecular weight excluding hydrogens is 469 g/mol. The quantitative estimate of drug-likeness (QED) is 0.380. The van der Waals surface area contributed by atoms with Crippen LogP contribution in [0.5, 0.6) is 0 Å². The maximum absolute atomic E-state index is 12.9. The van der Waals surface area contributed by atoms with Crippen LogP contribution in [0, 0.1) is 0 Å². The minimum atomic E-state index is -1.56. The van der Waals surface area contributed by atoms with E-state index in [9.17, 15) is 13.8 Å². The Bertz CT molecular complexity index is 1130. The monoisotopic (exact) mass is 483 g/mol. The molecule has 1 atom stereocenters. The van der Waals surface area contributed by atoms with E-state index < -0.39 is 22.6 Å². The highest BCUT2D eigenvalue weighted by atomic mass is 35.5. The van der Waals surface area contributed by atoms with Gasteiger partial charge in [-0.2, -0.15) is 0 Å². The number of esters is 1. The summed E-state index contributed by atoms with van der Waals surface area (Å²) in [6.45, 7) is 0. The van der Waals surface area contributed by atoms with Crippen molar-refractivity contribution >= 4 is 73.7 Å². The van der Waals surface area contributed by atoms with E-state index in [1.54, 1.807) is 42.5 Å². The number of hydrogen-bond acceptors (Lipinski definition) is 8. The van der Waals surface area contributed by atoms with Crippen LogP contribution in [-0.2, 0) is 20.3 Å². The van der Waals surface area contributed by atoms with E-state index >= 15 is 0 Å². The molecule has 2 aromatic carbocycles. The minimum Gasteiger partial charge on any atom is -0.468 e. The third-order valence-corrected chi connectivity index (χ3v) is 6.77. The number of benzene rings is 2. The van der Waals surface area contributed by atoms with Crippen molar-refractivity contribution < 1.29 is 18.5 Å². The van der Waals surface area contributed by atoms with Gasteiger partial charge in [-0.3, -0.25) is 13.8 Å². The number of rotatable bonds is 7.